The van der Waals surface area contributed by atoms with Gasteiger partial charge in [-0.1, -0.05) is 39.8 Å². The molecule has 0 aliphatic carbocycles. The van der Waals surface area contributed by atoms with Crippen molar-refractivity contribution in [3.8, 4) is 0 Å². The van der Waals surface area contributed by atoms with Gasteiger partial charge in [-0.2, -0.15) is 0 Å². The topological polar surface area (TPSA) is 72.5 Å². The molecule has 24 heavy (non-hydrogen) atoms. The van der Waals surface area contributed by atoms with Crippen LogP contribution in [0.25, 0.3) is 0 Å². The predicted octanol–water partition coefficient (Wildman–Crippen LogP) is 4.39. The number of Topliss-reactive ketones (excluding diaryl/α,β-unsaturated/α-hetero) is 1. The third-order valence-corrected chi connectivity index (χ3v) is 4.15. The lowest BCUT2D eigenvalue weighted by Crippen LogP contribution is -2.26. The van der Waals surface area contributed by atoms with Gasteiger partial charge in [0.05, 0.1) is 0 Å². The largest absolute Gasteiger partial charge is 0.449 e. The van der Waals surface area contributed by atoms with Gasteiger partial charge in [-0.25, -0.2) is 4.79 Å². The molecule has 0 saturated heterocycles. The Bertz CT molecular complexity index is 583. The van der Waals surface area contributed by atoms with Crippen LogP contribution >= 0.6 is 11.6 Å². The van der Waals surface area contributed by atoms with Crippen LogP contribution in [-0.4, -0.2) is 17.1 Å². The SMILES string of the molecule is CC(C)[C@H](C)C(=O)C[C@@H](C)C(=O)Nc1ccc(COC(=O)Cl)cc1. The lowest BCUT2D eigenvalue weighted by Gasteiger charge is -2.17. The number of carbonyl (C=O) groups excluding carboxylic acids is 3. The first-order valence-corrected chi connectivity index (χ1v) is 8.33. The maximum atomic E-state index is 12.2. The normalized spacial score (nSPS) is 13.2. The Morgan fingerprint density at radius 1 is 1.08 bits per heavy atom. The van der Waals surface area contributed by atoms with E-state index in [0.29, 0.717) is 5.69 Å². The molecule has 132 valence electrons. The highest BCUT2D eigenvalue weighted by Crippen LogP contribution is 2.18. The number of benzene rings is 1. The second kappa shape index (κ2) is 9.42. The van der Waals surface area contributed by atoms with Gasteiger partial charge in [0, 0.05) is 35.5 Å². The van der Waals surface area contributed by atoms with Crippen LogP contribution in [0.5, 0.6) is 0 Å². The highest BCUT2D eigenvalue weighted by molar-refractivity contribution is 6.61. The summed E-state index contributed by atoms with van der Waals surface area (Å²) in [6.07, 6.45) is 0.231. The molecule has 1 rings (SSSR count). The second-order valence-corrected chi connectivity index (χ2v) is 6.63. The van der Waals surface area contributed by atoms with E-state index in [1.165, 1.54) is 0 Å². The van der Waals surface area contributed by atoms with Gasteiger partial charge < -0.3 is 10.1 Å². The van der Waals surface area contributed by atoms with Crippen molar-refractivity contribution >= 4 is 34.4 Å². The van der Waals surface area contributed by atoms with Gasteiger partial charge in [0.15, 0.2) is 0 Å². The summed E-state index contributed by atoms with van der Waals surface area (Å²) in [6, 6.07) is 6.87. The predicted molar refractivity (Wildman–Crippen MR) is 93.9 cm³/mol. The van der Waals surface area contributed by atoms with E-state index in [9.17, 15) is 14.4 Å². The summed E-state index contributed by atoms with van der Waals surface area (Å²) in [4.78, 5) is 34.8. The quantitative estimate of drug-likeness (QED) is 0.703. The Morgan fingerprint density at radius 3 is 2.17 bits per heavy atom. The number of carbonyl (C=O) groups is 3. The van der Waals surface area contributed by atoms with Crippen LogP contribution < -0.4 is 5.32 Å². The molecule has 5 nitrogen and oxygen atoms in total. The molecule has 1 amide bonds. The third-order valence-electron chi connectivity index (χ3n) is 4.04. The van der Waals surface area contributed by atoms with E-state index in [1.807, 2.05) is 20.8 Å². The minimum atomic E-state index is -0.860. The highest BCUT2D eigenvalue weighted by atomic mass is 35.5. The number of rotatable bonds is 8. The van der Waals surface area contributed by atoms with Crippen molar-refractivity contribution in [1.29, 1.82) is 0 Å². The maximum absolute atomic E-state index is 12.2. The fourth-order valence-corrected chi connectivity index (χ4v) is 2.10. The van der Waals surface area contributed by atoms with Crippen LogP contribution in [0.3, 0.4) is 0 Å². The molecule has 0 fully saturated rings. The van der Waals surface area contributed by atoms with Crippen LogP contribution in [0.2, 0.25) is 0 Å². The van der Waals surface area contributed by atoms with Crippen LogP contribution in [-0.2, 0) is 20.9 Å². The van der Waals surface area contributed by atoms with Gasteiger partial charge >= 0.3 is 5.43 Å². The summed E-state index contributed by atoms with van der Waals surface area (Å²) in [5.41, 5.74) is 0.523. The molecule has 0 spiro atoms. The van der Waals surface area contributed by atoms with Crippen molar-refractivity contribution in [3.63, 3.8) is 0 Å². The Kier molecular flexibility index (Phi) is 7.92. The summed E-state index contributed by atoms with van der Waals surface area (Å²) < 4.78 is 4.67. The van der Waals surface area contributed by atoms with Gasteiger partial charge in [-0.3, -0.25) is 9.59 Å². The molecule has 2 atom stereocenters. The molecule has 0 heterocycles. The Hall–Kier alpha value is -1.88. The second-order valence-electron chi connectivity index (χ2n) is 6.32. The smallest absolute Gasteiger partial charge is 0.404 e. The number of nitrogens with one attached hydrogen (secondary N) is 1. The average molecular weight is 354 g/mol. The van der Waals surface area contributed by atoms with Crippen LogP contribution in [0.4, 0.5) is 10.5 Å². The van der Waals surface area contributed by atoms with E-state index >= 15 is 0 Å². The number of ketones is 1. The molecule has 0 aliphatic rings. The minimum Gasteiger partial charge on any atom is -0.449 e. The summed E-state index contributed by atoms with van der Waals surface area (Å²) in [5.74, 6) is -0.271. The monoisotopic (exact) mass is 353 g/mol. The van der Waals surface area contributed by atoms with Crippen LogP contribution in [0.15, 0.2) is 24.3 Å². The van der Waals surface area contributed by atoms with Crippen molar-refractivity contribution in [3.05, 3.63) is 29.8 Å². The number of halogens is 1. The van der Waals surface area contributed by atoms with Crippen LogP contribution in [0.1, 0.15) is 39.7 Å². The van der Waals surface area contributed by atoms with Gasteiger partial charge in [0.25, 0.3) is 0 Å². The molecule has 0 radical (unpaired) electrons. The Balaban J connectivity index is 2.54. The summed E-state index contributed by atoms with van der Waals surface area (Å²) >= 11 is 5.10. The summed E-state index contributed by atoms with van der Waals surface area (Å²) in [6.45, 7) is 7.71. The molecule has 0 saturated carbocycles. The van der Waals surface area contributed by atoms with Crippen molar-refractivity contribution in [2.24, 2.45) is 17.8 Å². The van der Waals surface area contributed by atoms with Crippen molar-refractivity contribution in [1.82, 2.24) is 0 Å². The third kappa shape index (κ3) is 6.71. The molecule has 0 unspecified atom stereocenters. The first kappa shape index (κ1) is 20.2. The fraction of sp³-hybridized carbons (Fsp3) is 0.500. The van der Waals surface area contributed by atoms with Gasteiger partial charge in [0.1, 0.15) is 12.4 Å². The van der Waals surface area contributed by atoms with Gasteiger partial charge in [-0.05, 0) is 23.6 Å². The first-order chi connectivity index (χ1) is 11.2. The molecule has 1 N–H and O–H groups in total. The Morgan fingerprint density at radius 2 is 1.67 bits per heavy atom. The van der Waals surface area contributed by atoms with Gasteiger partial charge in [0.2, 0.25) is 5.91 Å². The number of hydrogen-bond acceptors (Lipinski definition) is 4. The molecular formula is C18H24ClNO4. The van der Waals surface area contributed by atoms with E-state index in [-0.39, 0.29) is 36.6 Å². The van der Waals surface area contributed by atoms with E-state index in [0.717, 1.165) is 5.56 Å². The van der Waals surface area contributed by atoms with Crippen molar-refractivity contribution in [2.75, 3.05) is 5.32 Å². The number of hydrogen-bond donors (Lipinski definition) is 1. The van der Waals surface area contributed by atoms with E-state index in [4.69, 9.17) is 11.6 Å². The number of ether oxygens (including phenoxy) is 1. The summed E-state index contributed by atoms with van der Waals surface area (Å²) in [5, 5.41) is 2.78. The Labute approximate surface area is 147 Å². The molecule has 1 aromatic rings. The molecule has 1 aromatic carbocycles. The molecule has 0 aliphatic heterocycles. The van der Waals surface area contributed by atoms with E-state index in [2.05, 4.69) is 10.1 Å². The lowest BCUT2D eigenvalue weighted by molar-refractivity contribution is -0.128. The number of amides is 1. The standard InChI is InChI=1S/C18H24ClNO4/c1-11(2)13(4)16(21)9-12(3)17(22)20-15-7-5-14(6-8-15)10-24-18(19)23/h5-8,11-13H,9-10H2,1-4H3,(H,20,22)/t12-,13+/m1/s1. The zero-order valence-corrected chi connectivity index (χ0v) is 15.2. The lowest BCUT2D eigenvalue weighted by atomic mass is 9.88. The minimum absolute atomic E-state index is 0.0517. The van der Waals surface area contributed by atoms with E-state index in [1.54, 1.807) is 31.2 Å². The fourth-order valence-electron chi connectivity index (χ4n) is 2.04. The average Bonchev–Trinajstić information content (AvgIpc) is 2.52. The van der Waals surface area contributed by atoms with Crippen molar-refractivity contribution < 1.29 is 19.1 Å². The maximum Gasteiger partial charge on any atom is 0.404 e. The van der Waals surface area contributed by atoms with Crippen molar-refractivity contribution in [2.45, 2.75) is 40.7 Å². The zero-order valence-electron chi connectivity index (χ0n) is 14.5. The molecule has 6 heteroatoms. The number of anilines is 1. The van der Waals surface area contributed by atoms with E-state index < -0.39 is 11.3 Å². The first-order valence-electron chi connectivity index (χ1n) is 7.95. The molecule has 0 bridgehead atoms. The summed E-state index contributed by atoms with van der Waals surface area (Å²) in [7, 11) is 0. The molecule has 0 aromatic heterocycles. The van der Waals surface area contributed by atoms with Gasteiger partial charge in [-0.15, -0.1) is 0 Å². The highest BCUT2D eigenvalue weighted by Gasteiger charge is 2.22. The molecular weight excluding hydrogens is 330 g/mol. The zero-order chi connectivity index (χ0) is 18.3. The van der Waals surface area contributed by atoms with Crippen LogP contribution in [0, 0.1) is 17.8 Å².